The van der Waals surface area contributed by atoms with Crippen LogP contribution in [-0.2, 0) is 0 Å². The van der Waals surface area contributed by atoms with Gasteiger partial charge in [0.25, 0.3) is 0 Å². The highest BCUT2D eigenvalue weighted by Gasteiger charge is 2.08. The van der Waals surface area contributed by atoms with Gasteiger partial charge in [-0.3, -0.25) is 4.57 Å². The normalized spacial score (nSPS) is 10.3. The van der Waals surface area contributed by atoms with Crippen LogP contribution in [0.15, 0.2) is 29.1 Å². The number of aromatic nitrogens is 3. The molecule has 4 nitrogen and oxygen atoms in total. The summed E-state index contributed by atoms with van der Waals surface area (Å²) in [6.07, 6.45) is 3.62. The van der Waals surface area contributed by atoms with E-state index in [4.69, 9.17) is 4.74 Å². The van der Waals surface area contributed by atoms with E-state index in [1.165, 1.54) is 0 Å². The molecule has 0 radical (unpaired) electrons. The molecule has 0 aliphatic carbocycles. The van der Waals surface area contributed by atoms with Gasteiger partial charge in [0.15, 0.2) is 0 Å². The Morgan fingerprint density at radius 3 is 2.80 bits per heavy atom. The summed E-state index contributed by atoms with van der Waals surface area (Å²) in [7, 11) is 1.60. The van der Waals surface area contributed by atoms with Crippen LogP contribution in [0, 0.1) is 6.92 Å². The van der Waals surface area contributed by atoms with Crippen molar-refractivity contribution in [1.82, 2.24) is 14.5 Å². The van der Waals surface area contributed by atoms with Crippen LogP contribution >= 0.6 is 15.9 Å². The standard InChI is InChI=1S/C10H10BrN3O/c1-7-12-5-6-14(7)8-3-4-9(11)13-10(8)15-2/h3-6H,1-2H3. The molecule has 0 aliphatic rings. The summed E-state index contributed by atoms with van der Waals surface area (Å²) in [6.45, 7) is 1.93. The number of methoxy groups -OCH3 is 1. The molecular weight excluding hydrogens is 258 g/mol. The summed E-state index contributed by atoms with van der Waals surface area (Å²) in [5.41, 5.74) is 0.885. The van der Waals surface area contributed by atoms with Gasteiger partial charge in [-0.2, -0.15) is 0 Å². The Morgan fingerprint density at radius 2 is 2.20 bits per heavy atom. The molecule has 0 N–H and O–H groups in total. The molecule has 2 aromatic rings. The number of nitrogens with zero attached hydrogens (tertiary/aromatic N) is 3. The number of rotatable bonds is 2. The Bertz CT molecular complexity index is 481. The van der Waals surface area contributed by atoms with Crippen LogP contribution in [0.5, 0.6) is 5.88 Å². The first kappa shape index (κ1) is 10.2. The minimum atomic E-state index is 0.575. The third kappa shape index (κ3) is 1.87. The van der Waals surface area contributed by atoms with E-state index in [2.05, 4.69) is 25.9 Å². The van der Waals surface area contributed by atoms with E-state index in [0.717, 1.165) is 16.1 Å². The Kier molecular flexibility index (Phi) is 2.73. The second-order valence-electron chi connectivity index (χ2n) is 3.01. The molecule has 0 spiro atoms. The number of aryl methyl sites for hydroxylation is 1. The van der Waals surface area contributed by atoms with E-state index in [9.17, 15) is 0 Å². The lowest BCUT2D eigenvalue weighted by Crippen LogP contribution is -2.00. The second kappa shape index (κ2) is 4.02. The van der Waals surface area contributed by atoms with Crippen LogP contribution in [0.1, 0.15) is 5.82 Å². The molecule has 0 aliphatic heterocycles. The number of hydrogen-bond acceptors (Lipinski definition) is 3. The quantitative estimate of drug-likeness (QED) is 0.785. The highest BCUT2D eigenvalue weighted by molar-refractivity contribution is 9.10. The number of halogens is 1. The van der Waals surface area contributed by atoms with Crippen molar-refractivity contribution in [3.63, 3.8) is 0 Å². The highest BCUT2D eigenvalue weighted by atomic mass is 79.9. The molecule has 5 heteroatoms. The topological polar surface area (TPSA) is 39.9 Å². The smallest absolute Gasteiger partial charge is 0.239 e. The van der Waals surface area contributed by atoms with Gasteiger partial charge in [0.1, 0.15) is 16.1 Å². The fraction of sp³-hybridized carbons (Fsp3) is 0.200. The van der Waals surface area contributed by atoms with Gasteiger partial charge < -0.3 is 4.74 Å². The van der Waals surface area contributed by atoms with Crippen molar-refractivity contribution in [2.45, 2.75) is 6.92 Å². The largest absolute Gasteiger partial charge is 0.479 e. The number of ether oxygens (including phenoxy) is 1. The maximum atomic E-state index is 5.22. The van der Waals surface area contributed by atoms with Gasteiger partial charge in [0.2, 0.25) is 5.88 Å². The predicted octanol–water partition coefficient (Wildman–Crippen LogP) is 2.35. The molecule has 0 saturated carbocycles. The zero-order chi connectivity index (χ0) is 10.8. The van der Waals surface area contributed by atoms with Gasteiger partial charge in [-0.15, -0.1) is 0 Å². The second-order valence-corrected chi connectivity index (χ2v) is 3.82. The molecule has 0 aromatic carbocycles. The van der Waals surface area contributed by atoms with Crippen molar-refractivity contribution in [3.8, 4) is 11.6 Å². The zero-order valence-electron chi connectivity index (χ0n) is 8.44. The monoisotopic (exact) mass is 267 g/mol. The van der Waals surface area contributed by atoms with Gasteiger partial charge in [0.05, 0.1) is 7.11 Å². The molecule has 15 heavy (non-hydrogen) atoms. The van der Waals surface area contributed by atoms with E-state index in [1.54, 1.807) is 13.3 Å². The van der Waals surface area contributed by atoms with E-state index >= 15 is 0 Å². The van der Waals surface area contributed by atoms with E-state index in [1.807, 2.05) is 29.8 Å². The maximum absolute atomic E-state index is 5.22. The third-order valence-corrected chi connectivity index (χ3v) is 2.53. The summed E-state index contributed by atoms with van der Waals surface area (Å²) in [5.74, 6) is 1.47. The summed E-state index contributed by atoms with van der Waals surface area (Å²) in [4.78, 5) is 8.39. The highest BCUT2D eigenvalue weighted by Crippen LogP contribution is 2.23. The Hall–Kier alpha value is -1.36. The van der Waals surface area contributed by atoms with Crippen molar-refractivity contribution in [2.75, 3.05) is 7.11 Å². The fourth-order valence-electron chi connectivity index (χ4n) is 1.38. The average molecular weight is 268 g/mol. The first-order valence-corrected chi connectivity index (χ1v) is 5.22. The van der Waals surface area contributed by atoms with E-state index in [-0.39, 0.29) is 0 Å². The Morgan fingerprint density at radius 1 is 1.40 bits per heavy atom. The number of hydrogen-bond donors (Lipinski definition) is 0. The molecule has 2 rings (SSSR count). The fourth-order valence-corrected chi connectivity index (χ4v) is 1.67. The van der Waals surface area contributed by atoms with Crippen LogP contribution in [-0.4, -0.2) is 21.6 Å². The molecule has 0 fully saturated rings. The Labute approximate surface area is 96.1 Å². The van der Waals surface area contributed by atoms with Crippen molar-refractivity contribution >= 4 is 15.9 Å². The molecule has 0 atom stereocenters. The molecular formula is C10H10BrN3O. The van der Waals surface area contributed by atoms with Crippen LogP contribution < -0.4 is 4.74 Å². The summed E-state index contributed by atoms with van der Waals surface area (Å²) < 4.78 is 7.89. The van der Waals surface area contributed by atoms with Gasteiger partial charge in [0, 0.05) is 12.4 Å². The van der Waals surface area contributed by atoms with Crippen molar-refractivity contribution in [1.29, 1.82) is 0 Å². The van der Waals surface area contributed by atoms with Crippen molar-refractivity contribution in [2.24, 2.45) is 0 Å². The number of pyridine rings is 1. The molecule has 0 bridgehead atoms. The number of imidazole rings is 1. The van der Waals surface area contributed by atoms with Crippen molar-refractivity contribution in [3.05, 3.63) is 35.0 Å². The zero-order valence-corrected chi connectivity index (χ0v) is 10.0. The molecule has 78 valence electrons. The van der Waals surface area contributed by atoms with Gasteiger partial charge in [-0.1, -0.05) is 0 Å². The average Bonchev–Trinajstić information content (AvgIpc) is 2.64. The van der Waals surface area contributed by atoms with Gasteiger partial charge in [-0.25, -0.2) is 9.97 Å². The molecule has 0 saturated heterocycles. The first-order valence-electron chi connectivity index (χ1n) is 4.43. The first-order chi connectivity index (χ1) is 7.22. The molecule has 2 heterocycles. The molecule has 2 aromatic heterocycles. The van der Waals surface area contributed by atoms with E-state index < -0.39 is 0 Å². The Balaban J connectivity index is 2.58. The van der Waals surface area contributed by atoms with Gasteiger partial charge >= 0.3 is 0 Å². The lowest BCUT2D eigenvalue weighted by atomic mass is 10.4. The summed E-state index contributed by atoms with van der Waals surface area (Å²) in [6, 6.07) is 3.81. The SMILES string of the molecule is COc1nc(Br)ccc1-n1ccnc1C. The van der Waals surface area contributed by atoms with Crippen LogP contribution in [0.2, 0.25) is 0 Å². The lowest BCUT2D eigenvalue weighted by Gasteiger charge is -2.09. The van der Waals surface area contributed by atoms with Crippen LogP contribution in [0.3, 0.4) is 0 Å². The summed E-state index contributed by atoms with van der Waals surface area (Å²) in [5, 5.41) is 0. The van der Waals surface area contributed by atoms with E-state index in [0.29, 0.717) is 5.88 Å². The van der Waals surface area contributed by atoms with Crippen LogP contribution in [0.4, 0.5) is 0 Å². The molecule has 0 amide bonds. The molecule has 0 unspecified atom stereocenters. The van der Waals surface area contributed by atoms with Crippen molar-refractivity contribution < 1.29 is 4.74 Å². The third-order valence-electron chi connectivity index (χ3n) is 2.08. The summed E-state index contributed by atoms with van der Waals surface area (Å²) >= 11 is 3.30. The predicted molar refractivity (Wildman–Crippen MR) is 60.3 cm³/mol. The van der Waals surface area contributed by atoms with Crippen LogP contribution in [0.25, 0.3) is 5.69 Å². The minimum Gasteiger partial charge on any atom is -0.479 e. The lowest BCUT2D eigenvalue weighted by molar-refractivity contribution is 0.395. The van der Waals surface area contributed by atoms with Gasteiger partial charge in [-0.05, 0) is 35.0 Å². The minimum absolute atomic E-state index is 0.575. The maximum Gasteiger partial charge on any atom is 0.239 e.